The molecule has 0 unspecified atom stereocenters. The van der Waals surface area contributed by atoms with E-state index in [0.717, 1.165) is 31.9 Å². The van der Waals surface area contributed by atoms with Crippen molar-refractivity contribution in [2.24, 2.45) is 0 Å². The maximum absolute atomic E-state index is 5.37. The molecule has 1 aromatic carbocycles. The van der Waals surface area contributed by atoms with Gasteiger partial charge >= 0.3 is 0 Å². The van der Waals surface area contributed by atoms with Crippen molar-refractivity contribution in [1.29, 1.82) is 0 Å². The molecule has 3 nitrogen and oxygen atoms in total. The molecule has 2 aromatic rings. The van der Waals surface area contributed by atoms with Gasteiger partial charge in [-0.2, -0.15) is 0 Å². The van der Waals surface area contributed by atoms with Crippen LogP contribution in [0.1, 0.15) is 23.8 Å². The lowest BCUT2D eigenvalue weighted by Gasteiger charge is -2.15. The van der Waals surface area contributed by atoms with Crippen molar-refractivity contribution in [2.75, 3.05) is 13.6 Å². The maximum Gasteiger partial charge on any atom is 0.117 e. The number of benzene rings is 1. The summed E-state index contributed by atoms with van der Waals surface area (Å²) in [5.74, 6) is 1.01. The first-order chi connectivity index (χ1) is 9.28. The summed E-state index contributed by atoms with van der Waals surface area (Å²) in [4.78, 5) is 2.26. The third-order valence-electron chi connectivity index (χ3n) is 3.03. The third kappa shape index (κ3) is 4.54. The number of nitrogens with zero attached hydrogens (tertiary/aromatic N) is 1. The van der Waals surface area contributed by atoms with E-state index in [2.05, 4.69) is 48.5 Å². The van der Waals surface area contributed by atoms with Gasteiger partial charge in [-0.25, -0.2) is 0 Å². The molecular weight excluding hydrogens is 236 g/mol. The van der Waals surface area contributed by atoms with E-state index in [1.807, 2.05) is 12.1 Å². The van der Waals surface area contributed by atoms with E-state index in [1.54, 1.807) is 6.26 Å². The lowest BCUT2D eigenvalue weighted by atomic mass is 10.1. The fraction of sp³-hybridized carbons (Fsp3) is 0.375. The first-order valence-electron chi connectivity index (χ1n) is 6.77. The van der Waals surface area contributed by atoms with Gasteiger partial charge in [0.1, 0.15) is 5.76 Å². The first kappa shape index (κ1) is 13.8. The van der Waals surface area contributed by atoms with Gasteiger partial charge in [0.2, 0.25) is 0 Å². The number of hydrogen-bond donors (Lipinski definition) is 1. The predicted octanol–water partition coefficient (Wildman–Crippen LogP) is 3.02. The fourth-order valence-electron chi connectivity index (χ4n) is 2.14. The molecule has 19 heavy (non-hydrogen) atoms. The van der Waals surface area contributed by atoms with Crippen molar-refractivity contribution in [3.63, 3.8) is 0 Å². The van der Waals surface area contributed by atoms with Gasteiger partial charge in [-0.05, 0) is 36.9 Å². The highest BCUT2D eigenvalue weighted by Gasteiger charge is 2.04. The molecule has 1 N–H and O–H groups in total. The normalized spacial score (nSPS) is 11.1. The Morgan fingerprint density at radius 1 is 1.11 bits per heavy atom. The van der Waals surface area contributed by atoms with E-state index in [1.165, 1.54) is 11.1 Å². The van der Waals surface area contributed by atoms with E-state index < -0.39 is 0 Å². The van der Waals surface area contributed by atoms with Gasteiger partial charge < -0.3 is 9.73 Å². The molecule has 0 bridgehead atoms. The Hall–Kier alpha value is -1.58. The largest absolute Gasteiger partial charge is 0.468 e. The average molecular weight is 258 g/mol. The number of rotatable bonds is 7. The van der Waals surface area contributed by atoms with Crippen molar-refractivity contribution in [3.8, 4) is 0 Å². The van der Waals surface area contributed by atoms with Crippen molar-refractivity contribution in [1.82, 2.24) is 10.2 Å². The zero-order chi connectivity index (χ0) is 13.5. The van der Waals surface area contributed by atoms with Crippen LogP contribution in [0.3, 0.4) is 0 Å². The second-order valence-corrected chi connectivity index (χ2v) is 4.85. The van der Waals surface area contributed by atoms with Crippen molar-refractivity contribution < 1.29 is 4.42 Å². The SMILES string of the molecule is CCNCc1cccc(CN(C)Cc2ccco2)c1. The highest BCUT2D eigenvalue weighted by molar-refractivity contribution is 5.23. The van der Waals surface area contributed by atoms with Crippen molar-refractivity contribution in [3.05, 3.63) is 59.5 Å². The first-order valence-corrected chi connectivity index (χ1v) is 6.77. The van der Waals surface area contributed by atoms with Gasteiger partial charge in [-0.1, -0.05) is 31.2 Å². The molecule has 0 aliphatic rings. The second-order valence-electron chi connectivity index (χ2n) is 4.85. The van der Waals surface area contributed by atoms with Gasteiger partial charge in [0, 0.05) is 13.1 Å². The Morgan fingerprint density at radius 2 is 1.95 bits per heavy atom. The van der Waals surface area contributed by atoms with E-state index >= 15 is 0 Å². The topological polar surface area (TPSA) is 28.4 Å². The van der Waals surface area contributed by atoms with E-state index in [9.17, 15) is 0 Å². The summed E-state index contributed by atoms with van der Waals surface area (Å²) >= 11 is 0. The van der Waals surface area contributed by atoms with Crippen LogP contribution in [-0.2, 0) is 19.6 Å². The van der Waals surface area contributed by atoms with Crippen LogP contribution in [0.5, 0.6) is 0 Å². The van der Waals surface area contributed by atoms with Gasteiger partial charge in [0.05, 0.1) is 12.8 Å². The summed E-state index contributed by atoms with van der Waals surface area (Å²) in [5, 5.41) is 3.35. The fourth-order valence-corrected chi connectivity index (χ4v) is 2.14. The van der Waals surface area contributed by atoms with Crippen LogP contribution in [0, 0.1) is 0 Å². The van der Waals surface area contributed by atoms with E-state index in [0.29, 0.717) is 0 Å². The third-order valence-corrected chi connectivity index (χ3v) is 3.03. The molecule has 0 saturated carbocycles. The quantitative estimate of drug-likeness (QED) is 0.827. The summed E-state index contributed by atoms with van der Waals surface area (Å²) in [6.45, 7) is 5.83. The molecule has 0 fully saturated rings. The van der Waals surface area contributed by atoms with Crippen molar-refractivity contribution >= 4 is 0 Å². The van der Waals surface area contributed by atoms with Crippen LogP contribution >= 0.6 is 0 Å². The molecule has 0 radical (unpaired) electrons. The van der Waals surface area contributed by atoms with Gasteiger partial charge in [-0.3, -0.25) is 4.90 Å². The zero-order valence-electron chi connectivity index (χ0n) is 11.7. The molecular formula is C16H22N2O. The molecule has 0 atom stereocenters. The monoisotopic (exact) mass is 258 g/mol. The highest BCUT2D eigenvalue weighted by Crippen LogP contribution is 2.10. The summed E-state index contributed by atoms with van der Waals surface area (Å²) in [5.41, 5.74) is 2.68. The van der Waals surface area contributed by atoms with Crippen LogP contribution in [0.15, 0.2) is 47.1 Å². The lowest BCUT2D eigenvalue weighted by molar-refractivity contribution is 0.288. The van der Waals surface area contributed by atoms with E-state index in [4.69, 9.17) is 4.42 Å². The lowest BCUT2D eigenvalue weighted by Crippen LogP contribution is -2.17. The summed E-state index contributed by atoms with van der Waals surface area (Å²) < 4.78 is 5.37. The molecule has 0 aliphatic carbocycles. The van der Waals surface area contributed by atoms with Crippen LogP contribution in [0.25, 0.3) is 0 Å². The van der Waals surface area contributed by atoms with Crippen LogP contribution in [0.2, 0.25) is 0 Å². The summed E-state index contributed by atoms with van der Waals surface area (Å²) in [7, 11) is 2.11. The minimum absolute atomic E-state index is 0.838. The predicted molar refractivity (Wildman–Crippen MR) is 77.7 cm³/mol. The molecule has 102 valence electrons. The molecule has 0 aliphatic heterocycles. The Labute approximate surface area is 115 Å². The minimum Gasteiger partial charge on any atom is -0.468 e. The van der Waals surface area contributed by atoms with Gasteiger partial charge in [-0.15, -0.1) is 0 Å². The van der Waals surface area contributed by atoms with Crippen LogP contribution in [-0.4, -0.2) is 18.5 Å². The van der Waals surface area contributed by atoms with Crippen LogP contribution < -0.4 is 5.32 Å². The number of hydrogen-bond acceptors (Lipinski definition) is 3. The molecule has 0 saturated heterocycles. The molecule has 1 heterocycles. The zero-order valence-corrected chi connectivity index (χ0v) is 11.7. The molecule has 0 spiro atoms. The molecule has 3 heteroatoms. The van der Waals surface area contributed by atoms with Crippen molar-refractivity contribution in [2.45, 2.75) is 26.6 Å². The Bertz CT molecular complexity index is 479. The second kappa shape index (κ2) is 7.12. The summed E-state index contributed by atoms with van der Waals surface area (Å²) in [6.07, 6.45) is 1.72. The van der Waals surface area contributed by atoms with Gasteiger partial charge in [0.25, 0.3) is 0 Å². The minimum atomic E-state index is 0.838. The average Bonchev–Trinajstić information content (AvgIpc) is 2.89. The Balaban J connectivity index is 1.90. The molecule has 2 rings (SSSR count). The summed E-state index contributed by atoms with van der Waals surface area (Å²) in [6, 6.07) is 12.7. The maximum atomic E-state index is 5.37. The van der Waals surface area contributed by atoms with Gasteiger partial charge in [0.15, 0.2) is 0 Å². The van der Waals surface area contributed by atoms with Crippen LogP contribution in [0.4, 0.5) is 0 Å². The standard InChI is InChI=1S/C16H22N2O/c1-3-17-11-14-6-4-7-15(10-14)12-18(2)13-16-8-5-9-19-16/h4-10,17H,3,11-13H2,1-2H3. The Kier molecular flexibility index (Phi) is 5.19. The highest BCUT2D eigenvalue weighted by atomic mass is 16.3. The van der Waals surface area contributed by atoms with E-state index in [-0.39, 0.29) is 0 Å². The smallest absolute Gasteiger partial charge is 0.117 e. The Morgan fingerprint density at radius 3 is 2.68 bits per heavy atom. The molecule has 0 amide bonds. The number of nitrogens with one attached hydrogen (secondary N) is 1. The number of furan rings is 1. The molecule has 1 aromatic heterocycles.